The average Bonchev–Trinajstić information content (AvgIpc) is 2.49. The predicted molar refractivity (Wildman–Crippen MR) is 87.5 cm³/mol. The molecule has 21 heavy (non-hydrogen) atoms. The molecule has 1 heterocycles. The van der Waals surface area contributed by atoms with E-state index < -0.39 is 0 Å². The second-order valence-corrected chi connectivity index (χ2v) is 6.12. The normalized spacial score (nSPS) is 12.5. The number of rotatable bonds is 4. The Balaban J connectivity index is 1.99. The molecule has 0 amide bonds. The molecule has 1 aromatic heterocycles. The fourth-order valence-electron chi connectivity index (χ4n) is 2.28. The van der Waals surface area contributed by atoms with Crippen LogP contribution in [0.2, 0.25) is 0 Å². The van der Waals surface area contributed by atoms with Crippen LogP contribution in [-0.2, 0) is 6.42 Å². The third-order valence-corrected chi connectivity index (χ3v) is 4.36. The Labute approximate surface area is 128 Å². The van der Waals surface area contributed by atoms with Gasteiger partial charge in [-0.25, -0.2) is 9.97 Å². The van der Waals surface area contributed by atoms with Crippen molar-refractivity contribution in [3.63, 3.8) is 0 Å². The van der Waals surface area contributed by atoms with Crippen molar-refractivity contribution in [3.8, 4) is 0 Å². The molecule has 1 atom stereocenters. The van der Waals surface area contributed by atoms with Crippen molar-refractivity contribution in [2.75, 3.05) is 0 Å². The molecule has 0 radical (unpaired) electrons. The van der Waals surface area contributed by atoms with Gasteiger partial charge in [-0.15, -0.1) is 0 Å². The van der Waals surface area contributed by atoms with Crippen molar-refractivity contribution in [2.45, 2.75) is 29.3 Å². The molecule has 4 heteroatoms. The first-order valence-corrected chi connectivity index (χ1v) is 7.77. The minimum Gasteiger partial charge on any atom is -0.328 e. The molecular formula is C17H17N3S. The Morgan fingerprint density at radius 1 is 1.05 bits per heavy atom. The van der Waals surface area contributed by atoms with Crippen LogP contribution in [0.5, 0.6) is 0 Å². The van der Waals surface area contributed by atoms with Crippen LogP contribution in [0, 0.1) is 0 Å². The maximum atomic E-state index is 5.94. The number of hydrogen-bond donors (Lipinski definition) is 1. The Morgan fingerprint density at radius 3 is 2.67 bits per heavy atom. The Hall–Kier alpha value is -1.91. The first-order chi connectivity index (χ1) is 10.2. The zero-order chi connectivity index (χ0) is 14.7. The van der Waals surface area contributed by atoms with Gasteiger partial charge in [-0.2, -0.15) is 0 Å². The standard InChI is InChI=1S/C17H17N3S/c1-12(18)10-13-6-2-5-9-16(13)21-17-14-7-3-4-8-15(14)19-11-20-17/h2-9,11-12H,10,18H2,1H3. The predicted octanol–water partition coefficient (Wildman–Crippen LogP) is 3.67. The summed E-state index contributed by atoms with van der Waals surface area (Å²) in [5, 5.41) is 2.07. The molecule has 0 saturated heterocycles. The lowest BCUT2D eigenvalue weighted by atomic mass is 10.1. The third-order valence-electron chi connectivity index (χ3n) is 3.23. The molecule has 0 aliphatic rings. The molecule has 3 nitrogen and oxygen atoms in total. The van der Waals surface area contributed by atoms with Gasteiger partial charge in [-0.05, 0) is 31.0 Å². The lowest BCUT2D eigenvalue weighted by molar-refractivity contribution is 0.729. The second kappa shape index (κ2) is 6.24. The van der Waals surface area contributed by atoms with Crippen molar-refractivity contribution >= 4 is 22.7 Å². The zero-order valence-corrected chi connectivity index (χ0v) is 12.7. The summed E-state index contributed by atoms with van der Waals surface area (Å²) in [6.45, 7) is 2.03. The summed E-state index contributed by atoms with van der Waals surface area (Å²) in [5.74, 6) is 0. The Bertz CT molecular complexity index is 750. The molecule has 0 bridgehead atoms. The minimum absolute atomic E-state index is 0.147. The number of nitrogens with two attached hydrogens (primary N) is 1. The molecule has 106 valence electrons. The number of hydrogen-bond acceptors (Lipinski definition) is 4. The minimum atomic E-state index is 0.147. The Morgan fingerprint density at radius 2 is 1.81 bits per heavy atom. The lowest BCUT2D eigenvalue weighted by Crippen LogP contribution is -2.18. The van der Waals surface area contributed by atoms with E-state index in [0.717, 1.165) is 22.3 Å². The number of fused-ring (bicyclic) bond motifs is 1. The summed E-state index contributed by atoms with van der Waals surface area (Å²) in [7, 11) is 0. The van der Waals surface area contributed by atoms with Crippen molar-refractivity contribution in [3.05, 3.63) is 60.4 Å². The van der Waals surface area contributed by atoms with Gasteiger partial charge < -0.3 is 5.73 Å². The fourth-order valence-corrected chi connectivity index (χ4v) is 3.30. The van der Waals surface area contributed by atoms with E-state index in [9.17, 15) is 0 Å². The monoisotopic (exact) mass is 295 g/mol. The highest BCUT2D eigenvalue weighted by Gasteiger charge is 2.09. The van der Waals surface area contributed by atoms with Crippen LogP contribution in [0.3, 0.4) is 0 Å². The quantitative estimate of drug-likeness (QED) is 0.746. The maximum absolute atomic E-state index is 5.94. The summed E-state index contributed by atoms with van der Waals surface area (Å²) in [6, 6.07) is 16.6. The molecule has 2 aromatic carbocycles. The van der Waals surface area contributed by atoms with Crippen LogP contribution in [0.15, 0.2) is 64.8 Å². The second-order valence-electron chi connectivity index (χ2n) is 5.09. The van der Waals surface area contributed by atoms with Crippen LogP contribution >= 0.6 is 11.8 Å². The molecule has 3 aromatic rings. The van der Waals surface area contributed by atoms with Crippen molar-refractivity contribution < 1.29 is 0 Å². The van der Waals surface area contributed by atoms with E-state index in [1.54, 1.807) is 18.1 Å². The highest BCUT2D eigenvalue weighted by Crippen LogP contribution is 2.33. The first kappa shape index (κ1) is 14.0. The molecule has 0 aliphatic carbocycles. The molecule has 0 spiro atoms. The number of nitrogens with zero attached hydrogens (tertiary/aromatic N) is 2. The number of benzene rings is 2. The van der Waals surface area contributed by atoms with Crippen molar-refractivity contribution in [1.29, 1.82) is 0 Å². The molecule has 1 unspecified atom stereocenters. The largest absolute Gasteiger partial charge is 0.328 e. The highest BCUT2D eigenvalue weighted by molar-refractivity contribution is 7.99. The van der Waals surface area contributed by atoms with E-state index in [1.807, 2.05) is 25.1 Å². The van der Waals surface area contributed by atoms with Gasteiger partial charge in [0.15, 0.2) is 0 Å². The molecule has 0 fully saturated rings. The first-order valence-electron chi connectivity index (χ1n) is 6.95. The van der Waals surface area contributed by atoms with Gasteiger partial charge in [0.1, 0.15) is 11.4 Å². The smallest absolute Gasteiger partial charge is 0.117 e. The van der Waals surface area contributed by atoms with Gasteiger partial charge >= 0.3 is 0 Å². The third kappa shape index (κ3) is 3.23. The van der Waals surface area contributed by atoms with Crippen LogP contribution in [0.25, 0.3) is 10.9 Å². The summed E-state index contributed by atoms with van der Waals surface area (Å²) < 4.78 is 0. The molecule has 2 N–H and O–H groups in total. The molecule has 3 rings (SSSR count). The van der Waals surface area contributed by atoms with E-state index >= 15 is 0 Å². The van der Waals surface area contributed by atoms with Gasteiger partial charge in [0.25, 0.3) is 0 Å². The molecular weight excluding hydrogens is 278 g/mol. The van der Waals surface area contributed by atoms with Crippen molar-refractivity contribution in [1.82, 2.24) is 9.97 Å². The van der Waals surface area contributed by atoms with E-state index in [-0.39, 0.29) is 6.04 Å². The van der Waals surface area contributed by atoms with Crippen LogP contribution in [0.1, 0.15) is 12.5 Å². The average molecular weight is 295 g/mol. The Kier molecular flexibility index (Phi) is 4.18. The van der Waals surface area contributed by atoms with Gasteiger partial charge in [0.2, 0.25) is 0 Å². The zero-order valence-electron chi connectivity index (χ0n) is 11.9. The van der Waals surface area contributed by atoms with Gasteiger partial charge in [0, 0.05) is 16.3 Å². The summed E-state index contributed by atoms with van der Waals surface area (Å²) in [5.41, 5.74) is 8.18. The SMILES string of the molecule is CC(N)Cc1ccccc1Sc1ncnc2ccccc12. The van der Waals surface area contributed by atoms with Gasteiger partial charge in [0.05, 0.1) is 5.52 Å². The number of para-hydroxylation sites is 1. The van der Waals surface area contributed by atoms with Crippen molar-refractivity contribution in [2.24, 2.45) is 5.73 Å². The van der Waals surface area contributed by atoms with E-state index in [0.29, 0.717) is 0 Å². The van der Waals surface area contributed by atoms with E-state index in [2.05, 4.69) is 40.3 Å². The molecule has 0 saturated carbocycles. The van der Waals surface area contributed by atoms with Gasteiger partial charge in [-0.3, -0.25) is 0 Å². The summed E-state index contributed by atoms with van der Waals surface area (Å²) in [6.07, 6.45) is 2.49. The summed E-state index contributed by atoms with van der Waals surface area (Å²) >= 11 is 1.68. The van der Waals surface area contributed by atoms with E-state index in [4.69, 9.17) is 5.73 Å². The van der Waals surface area contributed by atoms with E-state index in [1.165, 1.54) is 10.5 Å². The van der Waals surface area contributed by atoms with Crippen LogP contribution in [-0.4, -0.2) is 16.0 Å². The van der Waals surface area contributed by atoms with Crippen LogP contribution < -0.4 is 5.73 Å². The van der Waals surface area contributed by atoms with Gasteiger partial charge in [-0.1, -0.05) is 48.2 Å². The summed E-state index contributed by atoms with van der Waals surface area (Å²) in [4.78, 5) is 9.96. The highest BCUT2D eigenvalue weighted by atomic mass is 32.2. The fraction of sp³-hybridized carbons (Fsp3) is 0.176. The topological polar surface area (TPSA) is 51.8 Å². The maximum Gasteiger partial charge on any atom is 0.117 e. The van der Waals surface area contributed by atoms with Crippen LogP contribution in [0.4, 0.5) is 0 Å². The lowest BCUT2D eigenvalue weighted by Gasteiger charge is -2.11. The number of aromatic nitrogens is 2. The molecule has 0 aliphatic heterocycles.